The van der Waals surface area contributed by atoms with Gasteiger partial charge in [0.2, 0.25) is 0 Å². The predicted molar refractivity (Wildman–Crippen MR) is 116 cm³/mol. The van der Waals surface area contributed by atoms with E-state index in [1.165, 1.54) is 19.2 Å². The molecular formula is C23H25FN2O5S. The molecule has 1 N–H and O–H groups in total. The number of ether oxygens (including phenoxy) is 2. The van der Waals surface area contributed by atoms with Crippen LogP contribution in [-0.4, -0.2) is 52.6 Å². The van der Waals surface area contributed by atoms with E-state index < -0.39 is 21.8 Å². The van der Waals surface area contributed by atoms with Crippen LogP contribution >= 0.6 is 0 Å². The Balaban J connectivity index is 1.53. The molecule has 0 spiro atoms. The number of hydrogen-bond acceptors (Lipinski definition) is 6. The standard InChI is InChI=1S/C23H25FN2O5S/c1-3-26-10-14(11-26)18-9-15(24)4-7-20(18)32(28,29)25-19-6-5-16-17-8-13(17)12-31-22(16)21(19)23(27)30-2/h4-7,9,13-14,17,25H,3,8,10-12H2,1-2H3. The van der Waals surface area contributed by atoms with Crippen LogP contribution in [0, 0.1) is 11.7 Å². The zero-order valence-corrected chi connectivity index (χ0v) is 18.7. The summed E-state index contributed by atoms with van der Waals surface area (Å²) in [6.45, 7) is 4.72. The van der Waals surface area contributed by atoms with E-state index in [0.717, 1.165) is 24.6 Å². The van der Waals surface area contributed by atoms with Gasteiger partial charge in [0, 0.05) is 24.9 Å². The summed E-state index contributed by atoms with van der Waals surface area (Å²) in [6.07, 6.45) is 0.994. The van der Waals surface area contributed by atoms with E-state index in [-0.39, 0.29) is 22.1 Å². The third-order valence-electron chi connectivity index (χ3n) is 6.69. The van der Waals surface area contributed by atoms with Crippen LogP contribution in [0.5, 0.6) is 5.75 Å². The highest BCUT2D eigenvalue weighted by Gasteiger charge is 2.45. The Labute approximate surface area is 186 Å². The number of fused-ring (bicyclic) bond motifs is 3. The molecule has 2 atom stereocenters. The van der Waals surface area contributed by atoms with Gasteiger partial charge in [0.15, 0.2) is 0 Å². The number of nitrogens with one attached hydrogen (secondary N) is 1. The third kappa shape index (κ3) is 3.53. The van der Waals surface area contributed by atoms with Crippen molar-refractivity contribution in [1.82, 2.24) is 4.90 Å². The Morgan fingerprint density at radius 3 is 2.75 bits per heavy atom. The van der Waals surface area contributed by atoms with E-state index >= 15 is 0 Å². The fraction of sp³-hybridized carbons (Fsp3) is 0.435. The Morgan fingerprint density at radius 2 is 2.03 bits per heavy atom. The van der Waals surface area contributed by atoms with Crippen LogP contribution in [0.4, 0.5) is 10.1 Å². The molecule has 2 unspecified atom stereocenters. The molecular weight excluding hydrogens is 435 g/mol. The zero-order chi connectivity index (χ0) is 22.6. The highest BCUT2D eigenvalue weighted by Crippen LogP contribution is 2.55. The number of hydrogen-bond donors (Lipinski definition) is 1. The average Bonchev–Trinajstić information content (AvgIpc) is 3.52. The van der Waals surface area contributed by atoms with Gasteiger partial charge >= 0.3 is 5.97 Å². The SMILES string of the molecule is CCN1CC(c2cc(F)ccc2S(=O)(=O)Nc2ccc3c(c2C(=O)OC)OCC2CC32)C1. The normalized spacial score (nSPS) is 22.2. The lowest BCUT2D eigenvalue weighted by Gasteiger charge is -2.39. The van der Waals surface area contributed by atoms with Gasteiger partial charge in [-0.05, 0) is 54.3 Å². The van der Waals surface area contributed by atoms with Gasteiger partial charge in [0.1, 0.15) is 17.1 Å². The minimum atomic E-state index is -4.10. The Morgan fingerprint density at radius 1 is 1.25 bits per heavy atom. The van der Waals surface area contributed by atoms with Crippen LogP contribution < -0.4 is 9.46 Å². The number of anilines is 1. The lowest BCUT2D eigenvalue weighted by Crippen LogP contribution is -2.45. The maximum atomic E-state index is 14.0. The van der Waals surface area contributed by atoms with Gasteiger partial charge in [0.25, 0.3) is 10.0 Å². The quantitative estimate of drug-likeness (QED) is 0.666. The van der Waals surface area contributed by atoms with Gasteiger partial charge in [-0.3, -0.25) is 4.72 Å². The van der Waals surface area contributed by atoms with Crippen LogP contribution in [0.2, 0.25) is 0 Å². The van der Waals surface area contributed by atoms with Gasteiger partial charge in [0.05, 0.1) is 24.3 Å². The second-order valence-corrected chi connectivity index (χ2v) is 10.3. The summed E-state index contributed by atoms with van der Waals surface area (Å²) >= 11 is 0. The van der Waals surface area contributed by atoms with Crippen LogP contribution in [0.3, 0.4) is 0 Å². The molecule has 2 fully saturated rings. The molecule has 0 bridgehead atoms. The van der Waals surface area contributed by atoms with Gasteiger partial charge in [-0.2, -0.15) is 0 Å². The summed E-state index contributed by atoms with van der Waals surface area (Å²) in [5.41, 5.74) is 1.51. The van der Waals surface area contributed by atoms with Crippen molar-refractivity contribution in [3.63, 3.8) is 0 Å². The first-order chi connectivity index (χ1) is 15.3. The molecule has 0 radical (unpaired) electrons. The number of rotatable bonds is 6. The Bertz CT molecular complexity index is 1190. The number of sulfonamides is 1. The topological polar surface area (TPSA) is 84.9 Å². The van der Waals surface area contributed by atoms with E-state index in [4.69, 9.17) is 9.47 Å². The largest absolute Gasteiger partial charge is 0.492 e. The fourth-order valence-corrected chi connectivity index (χ4v) is 6.10. The van der Waals surface area contributed by atoms with Gasteiger partial charge in [-0.15, -0.1) is 0 Å². The van der Waals surface area contributed by atoms with E-state index in [2.05, 4.69) is 9.62 Å². The molecule has 1 saturated heterocycles. The number of halogens is 1. The maximum Gasteiger partial charge on any atom is 0.343 e. The fourth-order valence-electron chi connectivity index (χ4n) is 4.75. The van der Waals surface area contributed by atoms with E-state index in [9.17, 15) is 17.6 Å². The lowest BCUT2D eigenvalue weighted by molar-refractivity contribution is 0.0596. The van der Waals surface area contributed by atoms with Crippen molar-refractivity contribution < 1.29 is 27.1 Å². The molecule has 2 heterocycles. The van der Waals surface area contributed by atoms with Crippen molar-refractivity contribution in [2.45, 2.75) is 30.1 Å². The second-order valence-electron chi connectivity index (χ2n) is 8.65. The summed E-state index contributed by atoms with van der Waals surface area (Å²) in [4.78, 5) is 14.8. The van der Waals surface area contributed by atoms with Crippen molar-refractivity contribution in [2.75, 3.05) is 38.1 Å². The zero-order valence-electron chi connectivity index (χ0n) is 17.9. The molecule has 3 aliphatic rings. The minimum absolute atomic E-state index is 0.0105. The molecule has 1 aliphatic carbocycles. The van der Waals surface area contributed by atoms with E-state index in [1.54, 1.807) is 12.1 Å². The number of carbonyl (C=O) groups is 1. The predicted octanol–water partition coefficient (Wildman–Crippen LogP) is 3.33. The summed E-state index contributed by atoms with van der Waals surface area (Å²) in [5, 5.41) is 0. The van der Waals surface area contributed by atoms with E-state index in [1.807, 2.05) is 6.92 Å². The van der Waals surface area contributed by atoms with Crippen LogP contribution in [0.15, 0.2) is 35.2 Å². The highest BCUT2D eigenvalue weighted by molar-refractivity contribution is 7.92. The number of esters is 1. The molecule has 0 aromatic heterocycles. The molecule has 2 aromatic rings. The lowest BCUT2D eigenvalue weighted by atomic mass is 9.91. The summed E-state index contributed by atoms with van der Waals surface area (Å²) in [5.74, 6) is -0.0660. The van der Waals surface area contributed by atoms with Crippen molar-refractivity contribution in [3.05, 3.63) is 52.8 Å². The minimum Gasteiger partial charge on any atom is -0.492 e. The molecule has 0 amide bonds. The van der Waals surface area contributed by atoms with Crippen LogP contribution in [0.25, 0.3) is 0 Å². The number of benzene rings is 2. The van der Waals surface area contributed by atoms with Crippen LogP contribution in [-0.2, 0) is 14.8 Å². The molecule has 1 saturated carbocycles. The molecule has 2 aliphatic heterocycles. The van der Waals surface area contributed by atoms with Crippen molar-refractivity contribution in [1.29, 1.82) is 0 Å². The Kier molecular flexibility index (Phi) is 5.13. The first kappa shape index (κ1) is 21.2. The number of carbonyl (C=O) groups excluding carboxylic acids is 1. The molecule has 32 heavy (non-hydrogen) atoms. The highest BCUT2D eigenvalue weighted by atomic mass is 32.2. The number of nitrogens with zero attached hydrogens (tertiary/aromatic N) is 1. The first-order valence-corrected chi connectivity index (χ1v) is 12.2. The number of methoxy groups -OCH3 is 1. The summed E-state index contributed by atoms with van der Waals surface area (Å²) in [6, 6.07) is 7.09. The molecule has 9 heteroatoms. The summed E-state index contributed by atoms with van der Waals surface area (Å²) < 4.78 is 54.1. The first-order valence-electron chi connectivity index (χ1n) is 10.7. The van der Waals surface area contributed by atoms with Gasteiger partial charge < -0.3 is 14.4 Å². The van der Waals surface area contributed by atoms with E-state index in [0.29, 0.717) is 42.8 Å². The van der Waals surface area contributed by atoms with Gasteiger partial charge in [-0.1, -0.05) is 13.0 Å². The summed E-state index contributed by atoms with van der Waals surface area (Å²) in [7, 11) is -2.85. The average molecular weight is 461 g/mol. The molecule has 7 nitrogen and oxygen atoms in total. The van der Waals surface area contributed by atoms with Crippen molar-refractivity contribution >= 4 is 21.7 Å². The molecule has 2 aromatic carbocycles. The van der Waals surface area contributed by atoms with Crippen LogP contribution in [0.1, 0.15) is 46.7 Å². The molecule has 5 rings (SSSR count). The number of likely N-dealkylation sites (tertiary alicyclic amines) is 1. The molecule has 170 valence electrons. The third-order valence-corrected chi connectivity index (χ3v) is 8.13. The smallest absolute Gasteiger partial charge is 0.343 e. The van der Waals surface area contributed by atoms with Crippen molar-refractivity contribution in [3.8, 4) is 5.75 Å². The Hall–Kier alpha value is -2.65. The second kappa shape index (κ2) is 7.74. The maximum absolute atomic E-state index is 14.0. The van der Waals surface area contributed by atoms with Gasteiger partial charge in [-0.25, -0.2) is 17.6 Å². The van der Waals surface area contributed by atoms with Crippen molar-refractivity contribution in [2.24, 2.45) is 5.92 Å². The number of likely N-dealkylation sites (N-methyl/N-ethyl adjacent to an activating group) is 1. The monoisotopic (exact) mass is 460 g/mol.